The van der Waals surface area contributed by atoms with Gasteiger partial charge in [0, 0.05) is 15.6 Å². The number of halogens is 1. The van der Waals surface area contributed by atoms with Crippen LogP contribution in [0.25, 0.3) is 0 Å². The topological polar surface area (TPSA) is 78.8 Å². The van der Waals surface area contributed by atoms with Gasteiger partial charge in [0.05, 0.1) is 24.7 Å². The molecule has 0 saturated carbocycles. The van der Waals surface area contributed by atoms with Crippen LogP contribution in [0.15, 0.2) is 88.4 Å². The molecule has 0 fully saturated rings. The highest BCUT2D eigenvalue weighted by molar-refractivity contribution is 9.10. The molecule has 3 rings (SSSR count). The second-order valence-electron chi connectivity index (χ2n) is 6.52. The fraction of sp³-hybridized carbons (Fsp3) is 0.0909. The largest absolute Gasteiger partial charge is 0.271 e. The number of nitrogens with zero attached hydrogens (tertiary/aromatic N) is 2. The van der Waals surface area contributed by atoms with Crippen molar-refractivity contribution in [2.75, 3.05) is 10.6 Å². The Hall–Kier alpha value is -2.97. The lowest BCUT2D eigenvalue weighted by Crippen LogP contribution is -2.29. The minimum Gasteiger partial charge on any atom is -0.267 e. The van der Waals surface area contributed by atoms with Gasteiger partial charge < -0.3 is 0 Å². The minimum absolute atomic E-state index is 0.210. The van der Waals surface area contributed by atoms with E-state index in [4.69, 9.17) is 0 Å². The van der Waals surface area contributed by atoms with Gasteiger partial charge in [-0.15, -0.1) is 0 Å². The fourth-order valence-corrected chi connectivity index (χ4v) is 4.01. The number of hydrazone groups is 1. The van der Waals surface area contributed by atoms with E-state index in [1.54, 1.807) is 30.5 Å². The first kappa shape index (κ1) is 21.7. The molecule has 1 N–H and O–H groups in total. The first-order valence-electron chi connectivity index (χ1n) is 9.04. The SMILES string of the molecule is CS(=O)(=O)N(Cc1ccccc1)c1ccc(C(=O)N/N=C\c2ccccc2Br)cc1. The standard InChI is InChI=1S/C22H20BrN3O3S/c1-30(28,29)26(16-17-7-3-2-4-8-17)20-13-11-18(12-14-20)22(27)25-24-15-19-9-5-6-10-21(19)23/h2-15H,16H2,1H3,(H,25,27)/b24-15-. The first-order valence-corrected chi connectivity index (χ1v) is 11.7. The van der Waals surface area contributed by atoms with Crippen molar-refractivity contribution in [3.8, 4) is 0 Å². The monoisotopic (exact) mass is 485 g/mol. The molecule has 30 heavy (non-hydrogen) atoms. The number of carbonyl (C=O) groups excluding carboxylic acids is 1. The second kappa shape index (κ2) is 9.69. The summed E-state index contributed by atoms with van der Waals surface area (Å²) in [5.41, 5.74) is 5.02. The van der Waals surface area contributed by atoms with Crippen molar-refractivity contribution in [2.24, 2.45) is 5.10 Å². The second-order valence-corrected chi connectivity index (χ2v) is 9.28. The zero-order valence-corrected chi connectivity index (χ0v) is 18.6. The van der Waals surface area contributed by atoms with Crippen molar-refractivity contribution in [1.29, 1.82) is 0 Å². The van der Waals surface area contributed by atoms with Gasteiger partial charge in [0.1, 0.15) is 0 Å². The molecule has 3 aromatic rings. The Balaban J connectivity index is 1.72. The lowest BCUT2D eigenvalue weighted by molar-refractivity contribution is 0.0955. The highest BCUT2D eigenvalue weighted by Crippen LogP contribution is 2.21. The molecule has 0 aliphatic carbocycles. The summed E-state index contributed by atoms with van der Waals surface area (Å²) in [6, 6.07) is 23.2. The van der Waals surface area contributed by atoms with E-state index in [9.17, 15) is 13.2 Å². The molecule has 154 valence electrons. The summed E-state index contributed by atoms with van der Waals surface area (Å²) in [6.45, 7) is 0.210. The zero-order chi connectivity index (χ0) is 21.6. The van der Waals surface area contributed by atoms with Crippen LogP contribution in [0.1, 0.15) is 21.5 Å². The van der Waals surface area contributed by atoms with E-state index in [0.29, 0.717) is 11.3 Å². The molecule has 0 saturated heterocycles. The number of hydrogen-bond acceptors (Lipinski definition) is 4. The Bertz CT molecular complexity index is 1150. The van der Waals surface area contributed by atoms with Crippen molar-refractivity contribution < 1.29 is 13.2 Å². The molecule has 1 amide bonds. The normalized spacial score (nSPS) is 11.4. The van der Waals surface area contributed by atoms with Crippen LogP contribution in [0, 0.1) is 0 Å². The van der Waals surface area contributed by atoms with Crippen LogP contribution in [0.5, 0.6) is 0 Å². The Kier molecular flexibility index (Phi) is 7.02. The maximum absolute atomic E-state index is 12.3. The average molecular weight is 486 g/mol. The Labute approximate surface area is 184 Å². The van der Waals surface area contributed by atoms with Crippen molar-refractivity contribution in [3.63, 3.8) is 0 Å². The quantitative estimate of drug-likeness (QED) is 0.402. The smallest absolute Gasteiger partial charge is 0.267 e. The summed E-state index contributed by atoms with van der Waals surface area (Å²) >= 11 is 3.41. The molecule has 3 aromatic carbocycles. The number of nitrogens with one attached hydrogen (secondary N) is 1. The van der Waals surface area contributed by atoms with E-state index in [1.807, 2.05) is 54.6 Å². The third-order valence-electron chi connectivity index (χ3n) is 4.26. The Morgan fingerprint density at radius 1 is 1.00 bits per heavy atom. The Morgan fingerprint density at radius 3 is 2.27 bits per heavy atom. The summed E-state index contributed by atoms with van der Waals surface area (Å²) in [4.78, 5) is 12.3. The minimum atomic E-state index is -3.49. The molecule has 0 aromatic heterocycles. The lowest BCUT2D eigenvalue weighted by Gasteiger charge is -2.22. The molecule has 8 heteroatoms. The maximum atomic E-state index is 12.3. The van der Waals surface area contributed by atoms with Crippen molar-refractivity contribution in [3.05, 3.63) is 100 Å². The third kappa shape index (κ3) is 5.77. The number of carbonyl (C=O) groups is 1. The highest BCUT2D eigenvalue weighted by atomic mass is 79.9. The molecule has 0 bridgehead atoms. The van der Waals surface area contributed by atoms with E-state index in [1.165, 1.54) is 4.31 Å². The zero-order valence-electron chi connectivity index (χ0n) is 16.2. The molecular formula is C22H20BrN3O3S. The molecule has 6 nitrogen and oxygen atoms in total. The number of amides is 1. The van der Waals surface area contributed by atoms with Crippen LogP contribution in [-0.4, -0.2) is 26.8 Å². The molecular weight excluding hydrogens is 466 g/mol. The van der Waals surface area contributed by atoms with E-state index in [0.717, 1.165) is 21.9 Å². The molecule has 0 atom stereocenters. The van der Waals surface area contributed by atoms with Gasteiger partial charge in [0.2, 0.25) is 10.0 Å². The number of sulfonamides is 1. The fourth-order valence-electron chi connectivity index (χ4n) is 2.73. The maximum Gasteiger partial charge on any atom is 0.271 e. The van der Waals surface area contributed by atoms with Gasteiger partial charge in [-0.25, -0.2) is 13.8 Å². The average Bonchev–Trinajstić information content (AvgIpc) is 2.73. The Morgan fingerprint density at radius 2 is 1.63 bits per heavy atom. The van der Waals surface area contributed by atoms with Gasteiger partial charge in [-0.3, -0.25) is 9.10 Å². The van der Waals surface area contributed by atoms with E-state index in [2.05, 4.69) is 26.5 Å². The summed E-state index contributed by atoms with van der Waals surface area (Å²) in [6.07, 6.45) is 2.70. The van der Waals surface area contributed by atoms with E-state index < -0.39 is 10.0 Å². The van der Waals surface area contributed by atoms with Crippen LogP contribution in [-0.2, 0) is 16.6 Å². The highest BCUT2D eigenvalue weighted by Gasteiger charge is 2.18. The van der Waals surface area contributed by atoms with Gasteiger partial charge >= 0.3 is 0 Å². The number of anilines is 1. The molecule has 0 aliphatic heterocycles. The summed E-state index contributed by atoms with van der Waals surface area (Å²) in [7, 11) is -3.49. The first-order chi connectivity index (χ1) is 14.3. The summed E-state index contributed by atoms with van der Waals surface area (Å²) in [5.74, 6) is -0.390. The third-order valence-corrected chi connectivity index (χ3v) is 6.12. The van der Waals surface area contributed by atoms with Crippen LogP contribution in [0.3, 0.4) is 0 Å². The van der Waals surface area contributed by atoms with Gasteiger partial charge in [0.25, 0.3) is 5.91 Å². The van der Waals surface area contributed by atoms with Gasteiger partial charge in [-0.05, 0) is 35.9 Å². The number of benzene rings is 3. The lowest BCUT2D eigenvalue weighted by atomic mass is 10.2. The number of hydrogen-bond donors (Lipinski definition) is 1. The molecule has 0 heterocycles. The van der Waals surface area contributed by atoms with Crippen LogP contribution in [0.4, 0.5) is 5.69 Å². The van der Waals surface area contributed by atoms with Crippen molar-refractivity contribution in [1.82, 2.24) is 5.43 Å². The molecule has 0 spiro atoms. The molecule has 0 aliphatic rings. The van der Waals surface area contributed by atoms with Crippen LogP contribution < -0.4 is 9.73 Å². The molecule has 0 unspecified atom stereocenters. The van der Waals surface area contributed by atoms with E-state index in [-0.39, 0.29) is 12.5 Å². The van der Waals surface area contributed by atoms with Gasteiger partial charge in [0.15, 0.2) is 0 Å². The van der Waals surface area contributed by atoms with Crippen LogP contribution in [0.2, 0.25) is 0 Å². The summed E-state index contributed by atoms with van der Waals surface area (Å²) < 4.78 is 26.7. The van der Waals surface area contributed by atoms with Crippen LogP contribution >= 0.6 is 15.9 Å². The predicted octanol–water partition coefficient (Wildman–Crippen LogP) is 4.18. The van der Waals surface area contributed by atoms with Crippen molar-refractivity contribution in [2.45, 2.75) is 6.54 Å². The van der Waals surface area contributed by atoms with Gasteiger partial charge in [-0.2, -0.15) is 5.10 Å². The molecule has 0 radical (unpaired) electrons. The predicted molar refractivity (Wildman–Crippen MR) is 123 cm³/mol. The van der Waals surface area contributed by atoms with Gasteiger partial charge in [-0.1, -0.05) is 64.5 Å². The number of rotatable bonds is 7. The summed E-state index contributed by atoms with van der Waals surface area (Å²) in [5, 5.41) is 3.97. The van der Waals surface area contributed by atoms with Crippen molar-refractivity contribution >= 4 is 43.8 Å². The van der Waals surface area contributed by atoms with E-state index >= 15 is 0 Å².